The zero-order valence-corrected chi connectivity index (χ0v) is 7.74. The average Bonchev–Trinajstić information content (AvgIpc) is 0. The van der Waals surface area contributed by atoms with Crippen LogP contribution in [0.5, 0.6) is 0 Å². The molecule has 0 heterocycles. The van der Waals surface area contributed by atoms with Gasteiger partial charge in [0.1, 0.15) is 0 Å². The molecule has 0 aliphatic rings. The third kappa shape index (κ3) is 151. The predicted octanol–water partition coefficient (Wildman–Crippen LogP) is -2.04. The van der Waals surface area contributed by atoms with Crippen molar-refractivity contribution in [1.29, 1.82) is 0 Å². The van der Waals surface area contributed by atoms with E-state index in [-0.39, 0.29) is 80.8 Å². The third-order valence-electron chi connectivity index (χ3n) is 0. The van der Waals surface area contributed by atoms with Crippen LogP contribution in [0.4, 0.5) is 0 Å². The zero-order valence-electron chi connectivity index (χ0n) is 3.72. The summed E-state index contributed by atoms with van der Waals surface area (Å²) in [6, 6.07) is 0. The van der Waals surface area contributed by atoms with E-state index in [9.17, 15) is 0 Å². The van der Waals surface area contributed by atoms with Gasteiger partial charge in [0, 0.05) is 21.7 Å². The van der Waals surface area contributed by atoms with Gasteiger partial charge in [-0.3, -0.25) is 0 Å². The smallest absolute Gasteiger partial charge is 0 e. The fourth-order valence-corrected chi connectivity index (χ4v) is 0. The molecule has 60 valence electrons. The zero-order chi connectivity index (χ0) is 0. The van der Waals surface area contributed by atoms with Gasteiger partial charge in [0.05, 0.1) is 0 Å². The van der Waals surface area contributed by atoms with Crippen LogP contribution in [0.3, 0.4) is 0 Å². The first-order valence-electron chi connectivity index (χ1n) is 0. The van der Waals surface area contributed by atoms with Crippen LogP contribution >= 0.6 is 37.2 Å². The molecule has 0 fully saturated rings. The Morgan fingerprint density at radius 2 is 0.375 bits per heavy atom. The maximum Gasteiger partial charge on any atom is 0 e. The van der Waals surface area contributed by atoms with Crippen molar-refractivity contribution in [1.82, 2.24) is 0 Å². The summed E-state index contributed by atoms with van der Waals surface area (Å²) >= 11 is 0. The maximum atomic E-state index is 0. The molecule has 0 saturated heterocycles. The van der Waals surface area contributed by atoms with Gasteiger partial charge in [0.15, 0.2) is 0 Å². The van der Waals surface area contributed by atoms with E-state index in [0.29, 0.717) is 0 Å². The molecule has 0 aliphatic heterocycles. The minimum atomic E-state index is 0. The number of rotatable bonds is 0. The Morgan fingerprint density at radius 1 is 0.375 bits per heavy atom. The Bertz CT molecular complexity index is 11.2. The molecular formula is H11Cl3O4Ti. The molecule has 0 aromatic rings. The molecular weight excluding hydrogens is 218 g/mol. The molecule has 0 bridgehead atoms. The molecule has 0 aliphatic carbocycles. The topological polar surface area (TPSA) is 126 Å². The Labute approximate surface area is 80.8 Å². The normalized spacial score (nSPS) is 0. The summed E-state index contributed by atoms with van der Waals surface area (Å²) in [6.45, 7) is 0. The Hall–Kier alpha value is 1.42. The minimum Gasteiger partial charge on any atom is -0.412 e. The van der Waals surface area contributed by atoms with Crippen LogP contribution in [0.2, 0.25) is 0 Å². The average molecular weight is 229 g/mol. The molecule has 0 aromatic heterocycles. The van der Waals surface area contributed by atoms with E-state index in [1.54, 1.807) is 0 Å². The van der Waals surface area contributed by atoms with Gasteiger partial charge in [-0.2, -0.15) is 0 Å². The van der Waals surface area contributed by atoms with Crippen LogP contribution in [-0.4, -0.2) is 21.9 Å². The van der Waals surface area contributed by atoms with Crippen LogP contribution < -0.4 is 0 Å². The van der Waals surface area contributed by atoms with Crippen molar-refractivity contribution >= 4 is 37.2 Å². The summed E-state index contributed by atoms with van der Waals surface area (Å²) in [5, 5.41) is 0. The van der Waals surface area contributed by atoms with Crippen molar-refractivity contribution in [2.75, 3.05) is 0 Å². The Morgan fingerprint density at radius 3 is 0.375 bits per heavy atom. The molecule has 0 rings (SSSR count). The van der Waals surface area contributed by atoms with Crippen molar-refractivity contribution in [3.63, 3.8) is 0 Å². The van der Waals surface area contributed by atoms with Gasteiger partial charge in [-0.15, -0.1) is 37.2 Å². The van der Waals surface area contributed by atoms with Gasteiger partial charge < -0.3 is 21.9 Å². The standard InChI is InChI=1S/3ClH.4H2O.Ti/h3*1H;4*1H2;. The molecule has 0 radical (unpaired) electrons. The van der Waals surface area contributed by atoms with E-state index in [4.69, 9.17) is 0 Å². The molecule has 8 heavy (non-hydrogen) atoms. The number of hydrogen-bond donors (Lipinski definition) is 0. The molecule has 0 amide bonds. The van der Waals surface area contributed by atoms with E-state index < -0.39 is 0 Å². The molecule has 0 atom stereocenters. The quantitative estimate of drug-likeness (QED) is 0.424. The van der Waals surface area contributed by atoms with Crippen molar-refractivity contribution in [3.05, 3.63) is 0 Å². The van der Waals surface area contributed by atoms with Crippen molar-refractivity contribution in [3.8, 4) is 0 Å². The molecule has 4 nitrogen and oxygen atoms in total. The SMILES string of the molecule is Cl.Cl.Cl.O.O.O.O.[Ti]. The second kappa shape index (κ2) is 229. The molecule has 8 N–H and O–H groups in total. The largest absolute Gasteiger partial charge is 0.412 e. The number of hydrogen-bond acceptors (Lipinski definition) is 0. The monoisotopic (exact) mass is 228 g/mol. The second-order valence-electron chi connectivity index (χ2n) is 0. The molecule has 0 aromatic carbocycles. The summed E-state index contributed by atoms with van der Waals surface area (Å²) in [6.07, 6.45) is 0. The molecule has 0 spiro atoms. The van der Waals surface area contributed by atoms with Crippen LogP contribution in [0.15, 0.2) is 0 Å². The third-order valence-corrected chi connectivity index (χ3v) is 0. The first-order chi connectivity index (χ1) is 0. The van der Waals surface area contributed by atoms with Crippen LogP contribution in [0.1, 0.15) is 0 Å². The summed E-state index contributed by atoms with van der Waals surface area (Å²) in [5.41, 5.74) is 0. The predicted molar refractivity (Wildman–Crippen MR) is 36.2 cm³/mol. The van der Waals surface area contributed by atoms with Gasteiger partial charge in [-0.05, 0) is 0 Å². The summed E-state index contributed by atoms with van der Waals surface area (Å²) in [7, 11) is 0. The Kier molecular flexibility index (Phi) is 9430. The first kappa shape index (κ1) is 330. The van der Waals surface area contributed by atoms with Crippen LogP contribution in [0.25, 0.3) is 0 Å². The maximum absolute atomic E-state index is 0. The van der Waals surface area contributed by atoms with Gasteiger partial charge in [0.25, 0.3) is 0 Å². The minimum absolute atomic E-state index is 0. The van der Waals surface area contributed by atoms with E-state index in [1.807, 2.05) is 0 Å². The fourth-order valence-electron chi connectivity index (χ4n) is 0. The van der Waals surface area contributed by atoms with Gasteiger partial charge in [-0.1, -0.05) is 0 Å². The number of halogens is 3. The summed E-state index contributed by atoms with van der Waals surface area (Å²) in [4.78, 5) is 0. The van der Waals surface area contributed by atoms with E-state index >= 15 is 0 Å². The van der Waals surface area contributed by atoms with Crippen LogP contribution in [-0.2, 0) is 21.7 Å². The van der Waals surface area contributed by atoms with Gasteiger partial charge in [0.2, 0.25) is 0 Å². The molecule has 8 heteroatoms. The van der Waals surface area contributed by atoms with Crippen molar-refractivity contribution in [2.24, 2.45) is 0 Å². The summed E-state index contributed by atoms with van der Waals surface area (Å²) in [5.74, 6) is 0. The van der Waals surface area contributed by atoms with Crippen molar-refractivity contribution < 1.29 is 43.6 Å². The van der Waals surface area contributed by atoms with Gasteiger partial charge >= 0.3 is 0 Å². The van der Waals surface area contributed by atoms with Crippen molar-refractivity contribution in [2.45, 2.75) is 0 Å². The van der Waals surface area contributed by atoms with E-state index in [0.717, 1.165) is 0 Å². The first-order valence-corrected chi connectivity index (χ1v) is 0. The second-order valence-corrected chi connectivity index (χ2v) is 0. The van der Waals surface area contributed by atoms with E-state index in [1.165, 1.54) is 0 Å². The fraction of sp³-hybridized carbons (Fsp3) is 0. The van der Waals surface area contributed by atoms with Crippen LogP contribution in [0, 0.1) is 0 Å². The molecule has 0 unspecified atom stereocenters. The Balaban J connectivity index is 0. The van der Waals surface area contributed by atoms with Gasteiger partial charge in [-0.25, -0.2) is 0 Å². The molecule has 0 saturated carbocycles. The summed E-state index contributed by atoms with van der Waals surface area (Å²) < 4.78 is 0. The van der Waals surface area contributed by atoms with E-state index in [2.05, 4.69) is 0 Å².